The molecule has 0 amide bonds. The van der Waals surface area contributed by atoms with Crippen LogP contribution in [0.5, 0.6) is 0 Å². The predicted octanol–water partition coefficient (Wildman–Crippen LogP) is 1.68. The van der Waals surface area contributed by atoms with E-state index in [1.54, 1.807) is 14.1 Å². The highest BCUT2D eigenvalue weighted by atomic mass is 16.7. The van der Waals surface area contributed by atoms with Gasteiger partial charge in [0.15, 0.2) is 0 Å². The van der Waals surface area contributed by atoms with Crippen molar-refractivity contribution < 1.29 is 6.21 Å². The molecule has 1 atom stereocenters. The highest BCUT2D eigenvalue weighted by Crippen LogP contribution is 2.00. The molecule has 0 radical (unpaired) electrons. The van der Waals surface area contributed by atoms with E-state index in [0.717, 1.165) is 5.56 Å². The van der Waals surface area contributed by atoms with Crippen LogP contribution in [0.15, 0.2) is 30.3 Å². The van der Waals surface area contributed by atoms with E-state index in [1.807, 2.05) is 30.3 Å². The zero-order valence-corrected chi connectivity index (χ0v) is 6.82. The normalized spacial score (nSPS) is 14.6. The van der Waals surface area contributed by atoms with Gasteiger partial charge in [-0.3, -0.25) is 4.84 Å². The predicted molar refractivity (Wildman–Crippen MR) is 44.9 cm³/mol. The molecular formula is C9H13NO. The van der Waals surface area contributed by atoms with Crippen molar-refractivity contribution in [3.05, 3.63) is 35.9 Å². The fourth-order valence-electron chi connectivity index (χ4n) is 0.698. The number of rotatable bonds is 3. The van der Waals surface area contributed by atoms with Crippen LogP contribution >= 0.6 is 0 Å². The summed E-state index contributed by atoms with van der Waals surface area (Å²) in [5, 5.41) is 1.53. The number of nitrogens with zero attached hydrogens (tertiary/aromatic N) is 1. The fourth-order valence-corrected chi connectivity index (χ4v) is 0.698. The molecule has 0 aromatic heterocycles. The van der Waals surface area contributed by atoms with Crippen LogP contribution in [0.1, 0.15) is 6.93 Å². The lowest BCUT2D eigenvalue weighted by molar-refractivity contribution is -0.130. The molecule has 1 rings (SSSR count). The lowest BCUT2D eigenvalue weighted by Gasteiger charge is -2.09. The summed E-state index contributed by atoms with van der Waals surface area (Å²) < 4.78 is 7.58. The van der Waals surface area contributed by atoms with Crippen LogP contribution in [0.25, 0.3) is 0 Å². The van der Waals surface area contributed by atoms with Crippen molar-refractivity contribution in [3.63, 3.8) is 0 Å². The molecule has 60 valence electrons. The van der Waals surface area contributed by atoms with Crippen LogP contribution in [0, 0.1) is 0 Å². The van der Waals surface area contributed by atoms with Crippen molar-refractivity contribution in [2.24, 2.45) is 0 Å². The average molecular weight is 152 g/mol. The summed E-state index contributed by atoms with van der Waals surface area (Å²) in [6, 6.07) is 9.47. The SMILES string of the molecule is [2H][C@H](ON(C)C)c1ccccc1. The van der Waals surface area contributed by atoms with Crippen LogP contribution in [-0.2, 0) is 11.4 Å². The molecule has 0 heterocycles. The molecule has 0 bridgehead atoms. The Morgan fingerprint density at radius 2 is 2.00 bits per heavy atom. The first-order valence-corrected chi connectivity index (χ1v) is 3.51. The molecular weight excluding hydrogens is 138 g/mol. The first kappa shape index (κ1) is 6.83. The van der Waals surface area contributed by atoms with E-state index in [9.17, 15) is 0 Å². The zero-order chi connectivity index (χ0) is 8.97. The number of hydroxylamine groups is 2. The van der Waals surface area contributed by atoms with Gasteiger partial charge in [-0.15, -0.1) is 0 Å². The van der Waals surface area contributed by atoms with Crippen LogP contribution in [-0.4, -0.2) is 19.2 Å². The maximum absolute atomic E-state index is 7.58. The molecule has 0 aliphatic heterocycles. The molecule has 0 unspecified atom stereocenters. The molecule has 0 N–H and O–H groups in total. The van der Waals surface area contributed by atoms with Gasteiger partial charge >= 0.3 is 0 Å². The van der Waals surface area contributed by atoms with E-state index < -0.39 is 6.58 Å². The van der Waals surface area contributed by atoms with Crippen molar-refractivity contribution in [3.8, 4) is 0 Å². The standard InChI is InChI=1S/C9H13NO/c1-10(2)11-8-9-6-4-3-5-7-9/h3-7H,8H2,1-2H3/i8D/t8-/m0/s1. The number of hydrogen-bond acceptors (Lipinski definition) is 2. The van der Waals surface area contributed by atoms with Crippen molar-refractivity contribution >= 4 is 0 Å². The molecule has 1 aromatic rings. The molecule has 1 aromatic carbocycles. The van der Waals surface area contributed by atoms with E-state index in [1.165, 1.54) is 5.06 Å². The summed E-state index contributed by atoms with van der Waals surface area (Å²) in [7, 11) is 3.54. The van der Waals surface area contributed by atoms with Gasteiger partial charge in [0.05, 0.1) is 7.95 Å². The Balaban J connectivity index is 2.59. The summed E-state index contributed by atoms with van der Waals surface area (Å²) >= 11 is 0. The van der Waals surface area contributed by atoms with Gasteiger partial charge in [-0.05, 0) is 5.56 Å². The topological polar surface area (TPSA) is 12.5 Å². The molecule has 0 fully saturated rings. The minimum atomic E-state index is -0.624. The van der Waals surface area contributed by atoms with Gasteiger partial charge in [0.1, 0.15) is 0 Å². The number of benzene rings is 1. The first-order chi connectivity index (χ1) is 5.70. The summed E-state index contributed by atoms with van der Waals surface area (Å²) in [4.78, 5) is 5.14. The van der Waals surface area contributed by atoms with Gasteiger partial charge < -0.3 is 0 Å². The maximum atomic E-state index is 7.58. The lowest BCUT2D eigenvalue weighted by Crippen LogP contribution is -2.11. The van der Waals surface area contributed by atoms with E-state index in [2.05, 4.69) is 0 Å². The Bertz CT molecular complexity index is 225. The Kier molecular flexibility index (Phi) is 2.55. The highest BCUT2D eigenvalue weighted by Gasteiger charge is 1.91. The summed E-state index contributed by atoms with van der Waals surface area (Å²) in [6.07, 6.45) is 0. The molecule has 0 aliphatic rings. The van der Waals surface area contributed by atoms with Gasteiger partial charge in [-0.2, -0.15) is 5.06 Å². The minimum absolute atomic E-state index is 0.624. The second kappa shape index (κ2) is 4.11. The van der Waals surface area contributed by atoms with Gasteiger partial charge in [0.2, 0.25) is 0 Å². The maximum Gasteiger partial charge on any atom is 0.0935 e. The second-order valence-electron chi connectivity index (χ2n) is 2.45. The summed E-state index contributed by atoms with van der Waals surface area (Å²) in [5.74, 6) is 0. The van der Waals surface area contributed by atoms with E-state index in [-0.39, 0.29) is 0 Å². The smallest absolute Gasteiger partial charge is 0.0935 e. The van der Waals surface area contributed by atoms with E-state index >= 15 is 0 Å². The van der Waals surface area contributed by atoms with Crippen molar-refractivity contribution in [2.75, 3.05) is 14.1 Å². The monoisotopic (exact) mass is 152 g/mol. The second-order valence-corrected chi connectivity index (χ2v) is 2.45. The average Bonchev–Trinajstić information content (AvgIpc) is 2.05. The minimum Gasteiger partial charge on any atom is -0.295 e. The van der Waals surface area contributed by atoms with E-state index in [0.29, 0.717) is 0 Å². The van der Waals surface area contributed by atoms with Crippen molar-refractivity contribution in [1.29, 1.82) is 0 Å². The van der Waals surface area contributed by atoms with Crippen molar-refractivity contribution in [1.82, 2.24) is 5.06 Å². The first-order valence-electron chi connectivity index (χ1n) is 4.09. The van der Waals surface area contributed by atoms with Crippen LogP contribution in [0.2, 0.25) is 0 Å². The Labute approximate surface area is 68.8 Å². The van der Waals surface area contributed by atoms with Crippen LogP contribution in [0.4, 0.5) is 0 Å². The summed E-state index contributed by atoms with van der Waals surface area (Å²) in [5.41, 5.74) is 0.867. The van der Waals surface area contributed by atoms with Gasteiger partial charge in [0, 0.05) is 14.1 Å². The molecule has 2 nitrogen and oxygen atoms in total. The quantitative estimate of drug-likeness (QED) is 0.611. The molecule has 11 heavy (non-hydrogen) atoms. The van der Waals surface area contributed by atoms with E-state index in [4.69, 9.17) is 6.21 Å². The highest BCUT2D eigenvalue weighted by molar-refractivity contribution is 5.13. The summed E-state index contributed by atoms with van der Waals surface area (Å²) in [6.45, 7) is -0.624. The Morgan fingerprint density at radius 3 is 2.55 bits per heavy atom. The third-order valence-corrected chi connectivity index (χ3v) is 1.20. The Morgan fingerprint density at radius 1 is 1.36 bits per heavy atom. The fraction of sp³-hybridized carbons (Fsp3) is 0.333. The molecule has 0 saturated carbocycles. The van der Waals surface area contributed by atoms with Crippen LogP contribution in [0.3, 0.4) is 0 Å². The zero-order valence-electron chi connectivity index (χ0n) is 7.82. The number of hydrogen-bond donors (Lipinski definition) is 0. The van der Waals surface area contributed by atoms with Gasteiger partial charge in [0.25, 0.3) is 0 Å². The van der Waals surface area contributed by atoms with Crippen molar-refractivity contribution in [2.45, 2.75) is 6.58 Å². The molecule has 0 saturated heterocycles. The van der Waals surface area contributed by atoms with Gasteiger partial charge in [-0.25, -0.2) is 0 Å². The largest absolute Gasteiger partial charge is 0.295 e. The van der Waals surface area contributed by atoms with Crippen LogP contribution < -0.4 is 0 Å². The third kappa shape index (κ3) is 3.16. The molecule has 0 aliphatic carbocycles. The third-order valence-electron chi connectivity index (χ3n) is 1.20. The molecule has 0 spiro atoms. The van der Waals surface area contributed by atoms with Gasteiger partial charge in [-0.1, -0.05) is 30.3 Å². The Hall–Kier alpha value is -0.860. The molecule has 2 heteroatoms. The lowest BCUT2D eigenvalue weighted by atomic mass is 10.2.